The monoisotopic (exact) mass is 375 g/mol. The number of aromatic hydroxyl groups is 1. The van der Waals surface area contributed by atoms with Crippen LogP contribution in [0.5, 0.6) is 11.5 Å². The van der Waals surface area contributed by atoms with Crippen LogP contribution in [0.25, 0.3) is 10.8 Å². The molecule has 0 bridgehead atoms. The maximum atomic E-state index is 12.8. The van der Waals surface area contributed by atoms with Crippen molar-refractivity contribution in [3.05, 3.63) is 60.4 Å². The molecule has 2 aromatic carbocycles. The van der Waals surface area contributed by atoms with Gasteiger partial charge in [0.15, 0.2) is 0 Å². The Labute approximate surface area is 162 Å². The number of carbonyl (C=O) groups is 1. The molecule has 3 aromatic rings. The molecule has 1 aliphatic heterocycles. The number of carbonyl (C=O) groups excluding carboxylic acids is 1. The van der Waals surface area contributed by atoms with Gasteiger partial charge in [-0.25, -0.2) is 4.79 Å². The van der Waals surface area contributed by atoms with Crippen LogP contribution in [0.4, 0.5) is 10.5 Å². The van der Waals surface area contributed by atoms with E-state index in [1.54, 1.807) is 30.6 Å². The highest BCUT2D eigenvalue weighted by Crippen LogP contribution is 2.49. The van der Waals surface area contributed by atoms with Crippen LogP contribution < -0.4 is 15.4 Å². The third kappa shape index (κ3) is 2.91. The van der Waals surface area contributed by atoms with E-state index >= 15 is 0 Å². The molecule has 2 heterocycles. The molecule has 2 aliphatic rings. The Balaban J connectivity index is 1.40. The minimum absolute atomic E-state index is 0.167. The molecule has 1 unspecified atom stereocenters. The highest BCUT2D eigenvalue weighted by atomic mass is 16.5. The van der Waals surface area contributed by atoms with Crippen molar-refractivity contribution in [1.82, 2.24) is 10.3 Å². The quantitative estimate of drug-likeness (QED) is 0.615. The van der Waals surface area contributed by atoms with Gasteiger partial charge in [0.25, 0.3) is 0 Å². The van der Waals surface area contributed by atoms with E-state index in [-0.39, 0.29) is 23.4 Å². The fourth-order valence-electron chi connectivity index (χ4n) is 4.21. The number of nitrogens with one attached hydrogen (secondary N) is 2. The van der Waals surface area contributed by atoms with E-state index in [1.807, 2.05) is 24.3 Å². The fraction of sp³-hybridized carbons (Fsp3) is 0.273. The molecular formula is C22H21N3O3. The Hall–Kier alpha value is -3.28. The summed E-state index contributed by atoms with van der Waals surface area (Å²) in [6, 6.07) is 12.2. The standard InChI is InChI=1S/C22H21N3O3/c26-15-5-6-20-17(11-15)19(12-22(28-20)8-2-9-22)25-21(27)24-18-4-1-3-14-13-23-10-7-16(14)18/h1,3-7,10-11,13,19,26H,2,8-9,12H2,(H2,24,25,27). The first-order valence-corrected chi connectivity index (χ1v) is 9.54. The lowest BCUT2D eigenvalue weighted by molar-refractivity contribution is -0.0355. The molecule has 1 spiro atoms. The number of hydrogen-bond acceptors (Lipinski definition) is 4. The van der Waals surface area contributed by atoms with Gasteiger partial charge < -0.3 is 20.5 Å². The summed E-state index contributed by atoms with van der Waals surface area (Å²) in [7, 11) is 0. The van der Waals surface area contributed by atoms with Gasteiger partial charge in [0.1, 0.15) is 17.1 Å². The number of phenols is 1. The van der Waals surface area contributed by atoms with Crippen LogP contribution in [0.1, 0.15) is 37.3 Å². The third-order valence-electron chi connectivity index (χ3n) is 5.77. The van der Waals surface area contributed by atoms with Crippen LogP contribution in [0.2, 0.25) is 0 Å². The number of rotatable bonds is 2. The minimum atomic E-state index is -0.278. The van der Waals surface area contributed by atoms with E-state index in [0.29, 0.717) is 6.42 Å². The predicted molar refractivity (Wildman–Crippen MR) is 107 cm³/mol. The van der Waals surface area contributed by atoms with Crippen molar-refractivity contribution in [2.45, 2.75) is 37.3 Å². The van der Waals surface area contributed by atoms with Crippen molar-refractivity contribution < 1.29 is 14.6 Å². The first-order chi connectivity index (χ1) is 13.6. The average Bonchev–Trinajstić information content (AvgIpc) is 2.67. The zero-order valence-electron chi connectivity index (χ0n) is 15.3. The van der Waals surface area contributed by atoms with Crippen LogP contribution in [0.3, 0.4) is 0 Å². The SMILES string of the molecule is O=C(Nc1cccc2cnccc12)NC1CC2(CCC2)Oc2ccc(O)cc21. The van der Waals surface area contributed by atoms with Crippen LogP contribution in [-0.4, -0.2) is 21.7 Å². The lowest BCUT2D eigenvalue weighted by Gasteiger charge is -2.48. The number of hydrogen-bond donors (Lipinski definition) is 3. The van der Waals surface area contributed by atoms with Crippen molar-refractivity contribution in [1.29, 1.82) is 0 Å². The summed E-state index contributed by atoms with van der Waals surface area (Å²) in [5.74, 6) is 0.908. The zero-order valence-corrected chi connectivity index (χ0v) is 15.3. The number of pyridine rings is 1. The lowest BCUT2D eigenvalue weighted by Crippen LogP contribution is -2.50. The summed E-state index contributed by atoms with van der Waals surface area (Å²) in [6.45, 7) is 0. The molecular weight excluding hydrogens is 354 g/mol. The fourth-order valence-corrected chi connectivity index (χ4v) is 4.21. The number of aromatic nitrogens is 1. The Morgan fingerprint density at radius 1 is 1.21 bits per heavy atom. The largest absolute Gasteiger partial charge is 0.508 e. The molecule has 1 saturated carbocycles. The summed E-state index contributed by atoms with van der Waals surface area (Å²) in [5.41, 5.74) is 1.35. The van der Waals surface area contributed by atoms with Crippen LogP contribution in [0, 0.1) is 0 Å². The molecule has 142 valence electrons. The Kier molecular flexibility index (Phi) is 3.86. The smallest absolute Gasteiger partial charge is 0.319 e. The van der Waals surface area contributed by atoms with E-state index in [9.17, 15) is 9.90 Å². The number of amides is 2. The average molecular weight is 375 g/mol. The second-order valence-electron chi connectivity index (χ2n) is 7.62. The number of fused-ring (bicyclic) bond motifs is 2. The molecule has 3 N–H and O–H groups in total. The number of benzene rings is 2. The van der Waals surface area contributed by atoms with Crippen molar-refractivity contribution in [2.24, 2.45) is 0 Å². The first kappa shape index (κ1) is 16.9. The predicted octanol–water partition coefficient (Wildman–Crippen LogP) is 4.51. The number of urea groups is 1. The Morgan fingerprint density at radius 3 is 2.93 bits per heavy atom. The minimum Gasteiger partial charge on any atom is -0.508 e. The van der Waals surface area contributed by atoms with Gasteiger partial charge in [0.2, 0.25) is 0 Å². The second-order valence-corrected chi connectivity index (χ2v) is 7.62. The summed E-state index contributed by atoms with van der Waals surface area (Å²) in [5, 5.41) is 17.9. The highest BCUT2D eigenvalue weighted by molar-refractivity contribution is 6.01. The Bertz CT molecular complexity index is 1060. The molecule has 6 heteroatoms. The first-order valence-electron chi connectivity index (χ1n) is 9.54. The maximum Gasteiger partial charge on any atom is 0.319 e. The number of nitrogens with zero attached hydrogens (tertiary/aromatic N) is 1. The van der Waals surface area contributed by atoms with Crippen LogP contribution in [0.15, 0.2) is 54.9 Å². The van der Waals surface area contributed by atoms with E-state index in [2.05, 4.69) is 15.6 Å². The van der Waals surface area contributed by atoms with E-state index < -0.39 is 0 Å². The van der Waals surface area contributed by atoms with Crippen molar-refractivity contribution in [3.63, 3.8) is 0 Å². The molecule has 1 atom stereocenters. The van der Waals surface area contributed by atoms with Gasteiger partial charge in [-0.15, -0.1) is 0 Å². The summed E-state index contributed by atoms with van der Waals surface area (Å²) < 4.78 is 6.21. The number of phenolic OH excluding ortho intramolecular Hbond substituents is 1. The van der Waals surface area contributed by atoms with Gasteiger partial charge in [-0.05, 0) is 49.6 Å². The van der Waals surface area contributed by atoms with Crippen molar-refractivity contribution in [2.75, 3.05) is 5.32 Å². The second kappa shape index (κ2) is 6.41. The summed E-state index contributed by atoms with van der Waals surface area (Å²) in [4.78, 5) is 16.9. The van der Waals surface area contributed by atoms with Gasteiger partial charge in [-0.1, -0.05) is 12.1 Å². The van der Waals surface area contributed by atoms with Gasteiger partial charge >= 0.3 is 6.03 Å². The topological polar surface area (TPSA) is 83.5 Å². The van der Waals surface area contributed by atoms with Gasteiger partial charge in [-0.3, -0.25) is 4.98 Å². The number of ether oxygens (including phenoxy) is 1. The Morgan fingerprint density at radius 2 is 2.11 bits per heavy atom. The molecule has 1 fully saturated rings. The van der Waals surface area contributed by atoms with Crippen LogP contribution >= 0.6 is 0 Å². The van der Waals surface area contributed by atoms with Gasteiger partial charge in [0.05, 0.1) is 11.7 Å². The molecule has 6 nitrogen and oxygen atoms in total. The molecule has 0 radical (unpaired) electrons. The molecule has 28 heavy (non-hydrogen) atoms. The van der Waals surface area contributed by atoms with Gasteiger partial charge in [-0.2, -0.15) is 0 Å². The van der Waals surface area contributed by atoms with Crippen molar-refractivity contribution in [3.8, 4) is 11.5 Å². The highest BCUT2D eigenvalue weighted by Gasteiger charge is 2.46. The lowest BCUT2D eigenvalue weighted by atomic mass is 9.73. The van der Waals surface area contributed by atoms with E-state index in [1.165, 1.54) is 0 Å². The van der Waals surface area contributed by atoms with E-state index in [4.69, 9.17) is 4.74 Å². The molecule has 5 rings (SSSR count). The normalized spacial score (nSPS) is 19.4. The van der Waals surface area contributed by atoms with Crippen molar-refractivity contribution >= 4 is 22.5 Å². The third-order valence-corrected chi connectivity index (χ3v) is 5.77. The maximum absolute atomic E-state index is 12.8. The molecule has 0 saturated heterocycles. The van der Waals surface area contributed by atoms with Crippen LogP contribution in [-0.2, 0) is 0 Å². The molecule has 1 aromatic heterocycles. The van der Waals surface area contributed by atoms with Gasteiger partial charge in [0, 0.05) is 35.2 Å². The number of anilines is 1. The zero-order chi connectivity index (χ0) is 19.1. The van der Waals surface area contributed by atoms with E-state index in [0.717, 1.165) is 47.0 Å². The summed E-state index contributed by atoms with van der Waals surface area (Å²) >= 11 is 0. The molecule has 1 aliphatic carbocycles. The molecule has 2 amide bonds. The summed E-state index contributed by atoms with van der Waals surface area (Å²) in [6.07, 6.45) is 7.30.